The van der Waals surface area contributed by atoms with E-state index >= 15 is 0 Å². The van der Waals surface area contributed by atoms with Gasteiger partial charge in [0.2, 0.25) is 10.6 Å². The lowest BCUT2D eigenvalue weighted by molar-refractivity contribution is 0.660. The highest BCUT2D eigenvalue weighted by molar-refractivity contribution is 6.73. The van der Waals surface area contributed by atoms with Crippen LogP contribution >= 0.6 is 34.8 Å². The predicted molar refractivity (Wildman–Crippen MR) is 42.5 cm³/mol. The molecule has 4 nitrogen and oxygen atoms in total. The van der Waals surface area contributed by atoms with Crippen molar-refractivity contribution >= 4 is 45.4 Å². The minimum Gasteiger partial charge on any atom is -0.306 e. The van der Waals surface area contributed by atoms with E-state index in [-0.39, 0.29) is 10.6 Å². The second kappa shape index (κ2) is 2.54. The van der Waals surface area contributed by atoms with Gasteiger partial charge in [0.1, 0.15) is 0 Å². The number of nitrogens with one attached hydrogen (secondary N) is 1. The summed E-state index contributed by atoms with van der Waals surface area (Å²) < 4.78 is 0. The zero-order valence-corrected chi connectivity index (χ0v) is 6.87. The summed E-state index contributed by atoms with van der Waals surface area (Å²) in [7, 11) is 0. The van der Waals surface area contributed by atoms with Gasteiger partial charge in [0.25, 0.3) is 5.25 Å². The summed E-state index contributed by atoms with van der Waals surface area (Å²) in [6.45, 7) is 0. The zero-order chi connectivity index (χ0) is 7.78. The van der Waals surface area contributed by atoms with Crippen molar-refractivity contribution in [2.45, 2.75) is 5.25 Å². The number of nitrogens with two attached hydrogens (primary N) is 1. The van der Waals surface area contributed by atoms with E-state index in [1.807, 2.05) is 0 Å². The fourth-order valence-electron chi connectivity index (χ4n) is 0.441. The molecule has 56 valence electrons. The molecule has 0 saturated carbocycles. The summed E-state index contributed by atoms with van der Waals surface area (Å²) >= 11 is 16.3. The molecule has 0 amide bonds. The Labute approximate surface area is 72.1 Å². The van der Waals surface area contributed by atoms with Crippen LogP contribution in [0.2, 0.25) is 0 Å². The summed E-state index contributed by atoms with van der Waals surface area (Å²) in [5.74, 6) is 0. The van der Waals surface area contributed by atoms with E-state index in [4.69, 9.17) is 40.5 Å². The molecule has 0 fully saturated rings. The summed E-state index contributed by atoms with van der Waals surface area (Å²) in [6.07, 6.45) is 0. The maximum absolute atomic E-state index is 5.46. The Hall–Kier alpha value is -0.0300. The van der Waals surface area contributed by atoms with Crippen LogP contribution in [0.15, 0.2) is 9.98 Å². The molecule has 0 spiro atoms. The standard InChI is InChI=1S/C3H3Cl3N4/c4-1-8-2(5)10-3(6,7)9-1/h7H2,(H,8,9,10). The van der Waals surface area contributed by atoms with Crippen LogP contribution in [-0.4, -0.2) is 15.8 Å². The first-order chi connectivity index (χ1) is 4.49. The van der Waals surface area contributed by atoms with Crippen molar-refractivity contribution < 1.29 is 0 Å². The van der Waals surface area contributed by atoms with Crippen LogP contribution in [0.4, 0.5) is 0 Å². The Morgan fingerprint density at radius 3 is 2.00 bits per heavy atom. The van der Waals surface area contributed by atoms with Gasteiger partial charge in [-0.25, -0.2) is 0 Å². The number of hydrogen-bond acceptors (Lipinski definition) is 4. The van der Waals surface area contributed by atoms with Crippen molar-refractivity contribution in [1.29, 1.82) is 0 Å². The number of amidine groups is 2. The highest BCUT2D eigenvalue weighted by atomic mass is 35.5. The monoisotopic (exact) mass is 200 g/mol. The first-order valence-corrected chi connectivity index (χ1v) is 3.38. The summed E-state index contributed by atoms with van der Waals surface area (Å²) in [6, 6.07) is 0. The lowest BCUT2D eigenvalue weighted by atomic mass is 10.8. The second-order valence-corrected chi connectivity index (χ2v) is 2.84. The molecule has 0 aromatic rings. The second-order valence-electron chi connectivity index (χ2n) is 1.57. The van der Waals surface area contributed by atoms with E-state index in [2.05, 4.69) is 15.3 Å². The van der Waals surface area contributed by atoms with E-state index in [9.17, 15) is 0 Å². The van der Waals surface area contributed by atoms with Crippen LogP contribution in [0.3, 0.4) is 0 Å². The Balaban J connectivity index is 2.88. The largest absolute Gasteiger partial charge is 0.306 e. The van der Waals surface area contributed by atoms with Crippen molar-refractivity contribution in [2.75, 3.05) is 0 Å². The Morgan fingerprint density at radius 2 is 1.70 bits per heavy atom. The quantitative estimate of drug-likeness (QED) is 0.445. The van der Waals surface area contributed by atoms with E-state index < -0.39 is 5.25 Å². The van der Waals surface area contributed by atoms with Gasteiger partial charge in [0, 0.05) is 0 Å². The normalized spacial score (nSPS) is 22.8. The van der Waals surface area contributed by atoms with Gasteiger partial charge < -0.3 is 5.32 Å². The van der Waals surface area contributed by atoms with Gasteiger partial charge in [-0.2, -0.15) is 9.98 Å². The molecule has 1 aliphatic rings. The van der Waals surface area contributed by atoms with Crippen LogP contribution in [0, 0.1) is 0 Å². The molecular formula is C3H3Cl3N4. The Morgan fingerprint density at radius 1 is 1.30 bits per heavy atom. The fraction of sp³-hybridized carbons (Fsp3) is 0.333. The molecule has 0 unspecified atom stereocenters. The number of halogens is 3. The van der Waals surface area contributed by atoms with Crippen LogP contribution < -0.4 is 11.1 Å². The zero-order valence-electron chi connectivity index (χ0n) is 4.61. The van der Waals surface area contributed by atoms with Gasteiger partial charge in [-0.3, -0.25) is 5.73 Å². The highest BCUT2D eigenvalue weighted by Gasteiger charge is 2.24. The van der Waals surface area contributed by atoms with Gasteiger partial charge in [0.15, 0.2) is 0 Å². The lowest BCUT2D eigenvalue weighted by Crippen LogP contribution is -2.39. The Kier molecular flexibility index (Phi) is 2.05. The molecular weight excluding hydrogens is 198 g/mol. The molecule has 0 radical (unpaired) electrons. The molecule has 0 aromatic carbocycles. The van der Waals surface area contributed by atoms with Crippen LogP contribution in [0.5, 0.6) is 0 Å². The van der Waals surface area contributed by atoms with Gasteiger partial charge in [0.05, 0.1) is 0 Å². The third-order valence-corrected chi connectivity index (χ3v) is 1.24. The maximum atomic E-state index is 5.46. The van der Waals surface area contributed by atoms with E-state index in [1.165, 1.54) is 0 Å². The molecule has 1 heterocycles. The van der Waals surface area contributed by atoms with Crippen LogP contribution in [0.25, 0.3) is 0 Å². The molecule has 3 N–H and O–H groups in total. The SMILES string of the molecule is NC1(Cl)N=C(Cl)NC(Cl)=N1. The third-order valence-electron chi connectivity index (χ3n) is 0.716. The van der Waals surface area contributed by atoms with Gasteiger partial charge in [-0.15, -0.1) is 0 Å². The summed E-state index contributed by atoms with van der Waals surface area (Å²) in [5.41, 5.74) is 5.24. The van der Waals surface area contributed by atoms with E-state index in [0.717, 1.165) is 0 Å². The third kappa shape index (κ3) is 1.98. The fourth-order valence-corrected chi connectivity index (χ4v) is 1.18. The smallest absolute Gasteiger partial charge is 0.287 e. The van der Waals surface area contributed by atoms with E-state index in [1.54, 1.807) is 0 Å². The number of aliphatic imine (C=N–C) groups is 2. The minimum atomic E-state index is -1.56. The van der Waals surface area contributed by atoms with Gasteiger partial charge in [-0.1, -0.05) is 11.6 Å². The lowest BCUT2D eigenvalue weighted by Gasteiger charge is -2.17. The molecule has 0 bridgehead atoms. The molecule has 10 heavy (non-hydrogen) atoms. The van der Waals surface area contributed by atoms with Crippen molar-refractivity contribution in [2.24, 2.45) is 15.7 Å². The van der Waals surface area contributed by atoms with Crippen molar-refractivity contribution in [1.82, 2.24) is 5.32 Å². The summed E-state index contributed by atoms with van der Waals surface area (Å²) in [5, 5.41) is 0.896. The molecule has 0 aliphatic carbocycles. The van der Waals surface area contributed by atoms with Crippen LogP contribution in [-0.2, 0) is 0 Å². The first kappa shape index (κ1) is 8.07. The maximum Gasteiger partial charge on any atom is 0.287 e. The molecule has 0 aromatic heterocycles. The molecule has 0 atom stereocenters. The number of rotatable bonds is 0. The average molecular weight is 201 g/mol. The van der Waals surface area contributed by atoms with Gasteiger partial charge in [-0.05, 0) is 23.2 Å². The topological polar surface area (TPSA) is 62.8 Å². The number of alkyl halides is 1. The van der Waals surface area contributed by atoms with E-state index in [0.29, 0.717) is 0 Å². The van der Waals surface area contributed by atoms with Gasteiger partial charge >= 0.3 is 0 Å². The molecule has 1 aliphatic heterocycles. The van der Waals surface area contributed by atoms with Crippen molar-refractivity contribution in [3.05, 3.63) is 0 Å². The van der Waals surface area contributed by atoms with Crippen molar-refractivity contribution in [3.8, 4) is 0 Å². The molecule has 7 heteroatoms. The number of nitrogens with zero attached hydrogens (tertiary/aromatic N) is 2. The Bertz CT molecular complexity index is 188. The van der Waals surface area contributed by atoms with Crippen molar-refractivity contribution in [3.63, 3.8) is 0 Å². The predicted octanol–water partition coefficient (Wildman–Crippen LogP) is 0.588. The highest BCUT2D eigenvalue weighted by Crippen LogP contribution is 2.15. The van der Waals surface area contributed by atoms with Crippen LogP contribution in [0.1, 0.15) is 0 Å². The minimum absolute atomic E-state index is 0.0255. The molecule has 0 saturated heterocycles. The average Bonchev–Trinajstić information content (AvgIpc) is 1.54. The molecule has 1 rings (SSSR count). The number of hydrogen-bond donors (Lipinski definition) is 2. The first-order valence-electron chi connectivity index (χ1n) is 2.25. The summed E-state index contributed by atoms with van der Waals surface area (Å²) in [4.78, 5) is 7.01.